The molecule has 0 saturated heterocycles. The number of ether oxygens (including phenoxy) is 1. The minimum atomic E-state index is 0.319. The summed E-state index contributed by atoms with van der Waals surface area (Å²) in [7, 11) is 3.59. The van der Waals surface area contributed by atoms with E-state index in [0.717, 1.165) is 40.9 Å². The lowest BCUT2D eigenvalue weighted by Crippen LogP contribution is -2.24. The molecule has 0 fully saturated rings. The fourth-order valence-corrected chi connectivity index (χ4v) is 4.23. The number of aromatic nitrogens is 2. The fourth-order valence-electron chi connectivity index (χ4n) is 2.94. The fraction of sp³-hybridized carbons (Fsp3) is 0.438. The summed E-state index contributed by atoms with van der Waals surface area (Å²) in [6.45, 7) is 2.76. The Morgan fingerprint density at radius 1 is 1.50 bits per heavy atom. The molecule has 22 heavy (non-hydrogen) atoms. The predicted molar refractivity (Wildman–Crippen MR) is 90.9 cm³/mol. The SMILES string of the molecule is COc1c(CN[C@@H]2CCSc3ccc(Cl)cc32)c(C)nn1C. The Balaban J connectivity index is 1.80. The highest BCUT2D eigenvalue weighted by molar-refractivity contribution is 7.99. The van der Waals surface area contributed by atoms with E-state index in [2.05, 4.69) is 22.5 Å². The standard InChI is InChI=1S/C16H20ClN3OS/c1-10-13(16(21-3)20(2)19-10)9-18-14-6-7-22-15-5-4-11(17)8-12(14)15/h4-5,8,14,18H,6-7,9H2,1-3H3/t14-/m1/s1. The molecule has 1 aliphatic heterocycles. The maximum Gasteiger partial charge on any atom is 0.216 e. The van der Waals surface area contributed by atoms with E-state index in [1.165, 1.54) is 10.5 Å². The first-order chi connectivity index (χ1) is 10.6. The highest BCUT2D eigenvalue weighted by Gasteiger charge is 2.22. The lowest BCUT2D eigenvalue weighted by molar-refractivity contribution is 0.366. The molecule has 0 unspecified atom stereocenters. The molecule has 1 atom stereocenters. The van der Waals surface area contributed by atoms with Crippen LogP contribution in [0.4, 0.5) is 0 Å². The molecule has 1 N–H and O–H groups in total. The van der Waals surface area contributed by atoms with Crippen LogP contribution in [-0.4, -0.2) is 22.6 Å². The van der Waals surface area contributed by atoms with Crippen LogP contribution in [0.25, 0.3) is 0 Å². The summed E-state index contributed by atoms with van der Waals surface area (Å²) in [6, 6.07) is 6.48. The van der Waals surface area contributed by atoms with Crippen molar-refractivity contribution in [2.24, 2.45) is 7.05 Å². The quantitative estimate of drug-likeness (QED) is 0.923. The first kappa shape index (κ1) is 15.7. The van der Waals surface area contributed by atoms with Gasteiger partial charge in [0.25, 0.3) is 0 Å². The van der Waals surface area contributed by atoms with Gasteiger partial charge in [-0.2, -0.15) is 5.10 Å². The number of aryl methyl sites for hydroxylation is 2. The highest BCUT2D eigenvalue weighted by Crippen LogP contribution is 2.38. The van der Waals surface area contributed by atoms with E-state index in [-0.39, 0.29) is 0 Å². The first-order valence-corrected chi connectivity index (χ1v) is 8.68. The summed E-state index contributed by atoms with van der Waals surface area (Å²) in [5, 5.41) is 8.87. The molecule has 1 aliphatic rings. The molecular formula is C16H20ClN3OS. The van der Waals surface area contributed by atoms with Gasteiger partial charge >= 0.3 is 0 Å². The van der Waals surface area contributed by atoms with E-state index in [1.807, 2.05) is 31.8 Å². The van der Waals surface area contributed by atoms with Crippen LogP contribution in [0.3, 0.4) is 0 Å². The Bertz CT molecular complexity index is 686. The van der Waals surface area contributed by atoms with Gasteiger partial charge in [-0.15, -0.1) is 11.8 Å². The molecule has 6 heteroatoms. The molecule has 0 radical (unpaired) electrons. The molecule has 1 aromatic carbocycles. The number of methoxy groups -OCH3 is 1. The van der Waals surface area contributed by atoms with Crippen molar-refractivity contribution in [1.29, 1.82) is 0 Å². The van der Waals surface area contributed by atoms with Gasteiger partial charge in [0.1, 0.15) is 0 Å². The van der Waals surface area contributed by atoms with Crippen molar-refractivity contribution in [2.45, 2.75) is 30.8 Å². The monoisotopic (exact) mass is 337 g/mol. The van der Waals surface area contributed by atoms with Crippen molar-refractivity contribution >= 4 is 23.4 Å². The summed E-state index contributed by atoms with van der Waals surface area (Å²) < 4.78 is 7.25. The van der Waals surface area contributed by atoms with Gasteiger partial charge in [-0.25, -0.2) is 4.68 Å². The number of nitrogens with one attached hydrogen (secondary N) is 1. The summed E-state index contributed by atoms with van der Waals surface area (Å²) >= 11 is 8.06. The highest BCUT2D eigenvalue weighted by atomic mass is 35.5. The van der Waals surface area contributed by atoms with Crippen LogP contribution in [0, 0.1) is 6.92 Å². The van der Waals surface area contributed by atoms with Crippen molar-refractivity contribution in [3.63, 3.8) is 0 Å². The Morgan fingerprint density at radius 2 is 2.32 bits per heavy atom. The van der Waals surface area contributed by atoms with Gasteiger partial charge in [0.05, 0.1) is 18.4 Å². The van der Waals surface area contributed by atoms with Crippen molar-refractivity contribution in [3.05, 3.63) is 40.0 Å². The van der Waals surface area contributed by atoms with Crippen molar-refractivity contribution in [1.82, 2.24) is 15.1 Å². The van der Waals surface area contributed by atoms with Gasteiger partial charge < -0.3 is 10.1 Å². The van der Waals surface area contributed by atoms with Crippen molar-refractivity contribution in [2.75, 3.05) is 12.9 Å². The molecule has 2 heterocycles. The Morgan fingerprint density at radius 3 is 3.09 bits per heavy atom. The molecule has 0 saturated carbocycles. The van der Waals surface area contributed by atoms with Gasteiger partial charge in [0, 0.05) is 29.6 Å². The van der Waals surface area contributed by atoms with Gasteiger partial charge in [-0.1, -0.05) is 11.6 Å². The number of hydrogen-bond donors (Lipinski definition) is 1. The van der Waals surface area contributed by atoms with Gasteiger partial charge in [0.15, 0.2) is 0 Å². The molecule has 118 valence electrons. The van der Waals surface area contributed by atoms with Gasteiger partial charge in [0.2, 0.25) is 5.88 Å². The Labute approximate surface area is 140 Å². The van der Waals surface area contributed by atoms with Crippen LogP contribution >= 0.6 is 23.4 Å². The van der Waals surface area contributed by atoms with Crippen LogP contribution in [0.15, 0.2) is 23.1 Å². The summed E-state index contributed by atoms with van der Waals surface area (Å²) in [5.74, 6) is 1.94. The van der Waals surface area contributed by atoms with Crippen LogP contribution < -0.4 is 10.1 Å². The average molecular weight is 338 g/mol. The van der Waals surface area contributed by atoms with E-state index < -0.39 is 0 Å². The summed E-state index contributed by atoms with van der Waals surface area (Å²) in [5.41, 5.74) is 3.42. The van der Waals surface area contributed by atoms with E-state index in [0.29, 0.717) is 6.04 Å². The number of fused-ring (bicyclic) bond motifs is 1. The van der Waals surface area contributed by atoms with E-state index >= 15 is 0 Å². The number of nitrogens with zero attached hydrogens (tertiary/aromatic N) is 2. The third-order valence-electron chi connectivity index (χ3n) is 4.02. The van der Waals surface area contributed by atoms with Crippen LogP contribution in [-0.2, 0) is 13.6 Å². The molecule has 1 aromatic heterocycles. The van der Waals surface area contributed by atoms with E-state index in [4.69, 9.17) is 16.3 Å². The van der Waals surface area contributed by atoms with Crippen LogP contribution in [0.1, 0.15) is 29.3 Å². The maximum absolute atomic E-state index is 6.16. The largest absolute Gasteiger partial charge is 0.481 e. The Kier molecular flexibility index (Phi) is 4.66. The van der Waals surface area contributed by atoms with E-state index in [9.17, 15) is 0 Å². The number of halogens is 1. The number of rotatable bonds is 4. The molecule has 0 spiro atoms. The zero-order chi connectivity index (χ0) is 15.7. The number of benzene rings is 1. The molecule has 2 aromatic rings. The molecule has 3 rings (SSSR count). The summed E-state index contributed by atoms with van der Waals surface area (Å²) in [4.78, 5) is 1.32. The second kappa shape index (κ2) is 6.52. The number of hydrogen-bond acceptors (Lipinski definition) is 4. The minimum absolute atomic E-state index is 0.319. The molecular weight excluding hydrogens is 318 g/mol. The third kappa shape index (κ3) is 2.98. The van der Waals surface area contributed by atoms with Gasteiger partial charge in [-0.05, 0) is 42.9 Å². The third-order valence-corrected chi connectivity index (χ3v) is 5.38. The van der Waals surface area contributed by atoms with Gasteiger partial charge in [-0.3, -0.25) is 0 Å². The second-order valence-corrected chi connectivity index (χ2v) is 7.02. The minimum Gasteiger partial charge on any atom is -0.481 e. The normalized spacial score (nSPS) is 17.4. The zero-order valence-electron chi connectivity index (χ0n) is 13.0. The Hall–Kier alpha value is -1.17. The summed E-state index contributed by atoms with van der Waals surface area (Å²) in [6.07, 6.45) is 1.10. The zero-order valence-corrected chi connectivity index (χ0v) is 14.6. The lowest BCUT2D eigenvalue weighted by atomic mass is 10.0. The van der Waals surface area contributed by atoms with Crippen LogP contribution in [0.2, 0.25) is 5.02 Å². The van der Waals surface area contributed by atoms with E-state index in [1.54, 1.807) is 11.8 Å². The molecule has 0 amide bonds. The topological polar surface area (TPSA) is 39.1 Å². The smallest absolute Gasteiger partial charge is 0.216 e. The average Bonchev–Trinajstić information content (AvgIpc) is 2.78. The predicted octanol–water partition coefficient (Wildman–Crippen LogP) is 3.72. The van der Waals surface area contributed by atoms with Crippen molar-refractivity contribution in [3.8, 4) is 5.88 Å². The lowest BCUT2D eigenvalue weighted by Gasteiger charge is -2.26. The molecule has 0 bridgehead atoms. The second-order valence-electron chi connectivity index (χ2n) is 5.45. The number of thioether (sulfide) groups is 1. The molecule has 0 aliphatic carbocycles. The molecule has 4 nitrogen and oxygen atoms in total. The first-order valence-electron chi connectivity index (χ1n) is 7.32. The van der Waals surface area contributed by atoms with Crippen LogP contribution in [0.5, 0.6) is 5.88 Å². The van der Waals surface area contributed by atoms with Crippen molar-refractivity contribution < 1.29 is 4.74 Å². The maximum atomic E-state index is 6.16.